The van der Waals surface area contributed by atoms with Gasteiger partial charge in [-0.3, -0.25) is 4.79 Å². The van der Waals surface area contributed by atoms with Crippen molar-refractivity contribution in [2.24, 2.45) is 11.7 Å². The average molecular weight is 251 g/mol. The van der Waals surface area contributed by atoms with Crippen molar-refractivity contribution in [3.63, 3.8) is 0 Å². The van der Waals surface area contributed by atoms with Crippen LogP contribution in [-0.2, 0) is 11.2 Å². The Morgan fingerprint density at radius 1 is 1.39 bits per heavy atom. The third kappa shape index (κ3) is 5.41. The topological polar surface area (TPSA) is 43.1 Å². The van der Waals surface area contributed by atoms with Crippen LogP contribution in [0.3, 0.4) is 0 Å². The minimum absolute atomic E-state index is 0.177. The summed E-state index contributed by atoms with van der Waals surface area (Å²) in [6.07, 6.45) is 3.82. The smallest absolute Gasteiger partial charge is 0.137 e. The Hall–Kier alpha value is -1.22. The second kappa shape index (κ2) is 7.98. The predicted octanol–water partition coefficient (Wildman–Crippen LogP) is 3.09. The van der Waals surface area contributed by atoms with E-state index >= 15 is 0 Å². The summed E-state index contributed by atoms with van der Waals surface area (Å²) in [7, 11) is 0. The lowest BCUT2D eigenvalue weighted by molar-refractivity contribution is -0.118. The van der Waals surface area contributed by atoms with Gasteiger partial charge >= 0.3 is 0 Å². The van der Waals surface area contributed by atoms with Crippen LogP contribution in [0.15, 0.2) is 24.3 Å². The van der Waals surface area contributed by atoms with Crippen molar-refractivity contribution >= 4 is 5.78 Å². The van der Waals surface area contributed by atoms with Crippen LogP contribution in [0.4, 0.5) is 4.39 Å². The monoisotopic (exact) mass is 251 g/mol. The molecule has 100 valence electrons. The minimum Gasteiger partial charge on any atom is -0.330 e. The maximum atomic E-state index is 13.0. The van der Waals surface area contributed by atoms with Crippen LogP contribution >= 0.6 is 0 Å². The first-order valence-electron chi connectivity index (χ1n) is 6.62. The molecule has 0 amide bonds. The van der Waals surface area contributed by atoms with Crippen molar-refractivity contribution in [3.8, 4) is 0 Å². The van der Waals surface area contributed by atoms with E-state index in [-0.39, 0.29) is 11.6 Å². The van der Waals surface area contributed by atoms with Crippen molar-refractivity contribution in [2.75, 3.05) is 6.54 Å². The summed E-state index contributed by atoms with van der Waals surface area (Å²) >= 11 is 0. The van der Waals surface area contributed by atoms with Crippen molar-refractivity contribution < 1.29 is 9.18 Å². The molecule has 2 nitrogen and oxygen atoms in total. The van der Waals surface area contributed by atoms with E-state index in [2.05, 4.69) is 6.92 Å². The summed E-state index contributed by atoms with van der Waals surface area (Å²) < 4.78 is 13.0. The highest BCUT2D eigenvalue weighted by Gasteiger charge is 2.10. The molecule has 0 aliphatic heterocycles. The molecule has 18 heavy (non-hydrogen) atoms. The number of hydrogen-bond acceptors (Lipinski definition) is 2. The number of rotatable bonds is 8. The zero-order valence-electron chi connectivity index (χ0n) is 11.0. The van der Waals surface area contributed by atoms with Gasteiger partial charge in [0.15, 0.2) is 0 Å². The fraction of sp³-hybridized carbons (Fsp3) is 0.533. The highest BCUT2D eigenvalue weighted by Crippen LogP contribution is 2.16. The van der Waals surface area contributed by atoms with Crippen LogP contribution in [0.5, 0.6) is 0 Å². The van der Waals surface area contributed by atoms with E-state index in [9.17, 15) is 9.18 Å². The van der Waals surface area contributed by atoms with E-state index in [0.29, 0.717) is 25.3 Å². The molecule has 1 aromatic carbocycles. The van der Waals surface area contributed by atoms with Crippen LogP contribution in [0, 0.1) is 11.7 Å². The van der Waals surface area contributed by atoms with Crippen molar-refractivity contribution in [3.05, 3.63) is 35.6 Å². The molecular weight excluding hydrogens is 229 g/mol. The molecule has 0 fully saturated rings. The van der Waals surface area contributed by atoms with Gasteiger partial charge in [0.2, 0.25) is 0 Å². The van der Waals surface area contributed by atoms with Crippen LogP contribution in [0.1, 0.15) is 38.2 Å². The maximum Gasteiger partial charge on any atom is 0.137 e. The Morgan fingerprint density at radius 2 is 2.17 bits per heavy atom. The Labute approximate surface area is 108 Å². The van der Waals surface area contributed by atoms with E-state index in [1.807, 2.05) is 0 Å². The highest BCUT2D eigenvalue weighted by molar-refractivity contribution is 5.80. The molecule has 1 unspecified atom stereocenters. The summed E-state index contributed by atoms with van der Waals surface area (Å²) in [6.45, 7) is 2.80. The molecule has 1 aromatic rings. The summed E-state index contributed by atoms with van der Waals surface area (Å²) in [5, 5.41) is 0. The van der Waals surface area contributed by atoms with E-state index in [0.717, 1.165) is 24.8 Å². The van der Waals surface area contributed by atoms with Gasteiger partial charge in [-0.2, -0.15) is 0 Å². The summed E-state index contributed by atoms with van der Waals surface area (Å²) in [4.78, 5) is 11.8. The molecule has 0 radical (unpaired) electrons. The van der Waals surface area contributed by atoms with Gasteiger partial charge in [-0.1, -0.05) is 25.5 Å². The first-order chi connectivity index (χ1) is 8.65. The fourth-order valence-electron chi connectivity index (χ4n) is 2.12. The third-order valence-electron chi connectivity index (χ3n) is 3.27. The molecule has 0 heterocycles. The maximum absolute atomic E-state index is 13.0. The SMILES string of the molecule is CCC(CCN)CCC(=O)Cc1cccc(F)c1. The van der Waals surface area contributed by atoms with Crippen LogP contribution in [-0.4, -0.2) is 12.3 Å². The number of halogens is 1. The van der Waals surface area contributed by atoms with Gasteiger partial charge < -0.3 is 5.73 Å². The molecule has 1 atom stereocenters. The molecule has 0 bridgehead atoms. The Kier molecular flexibility index (Phi) is 6.58. The molecule has 0 aromatic heterocycles. The Bertz CT molecular complexity index is 379. The van der Waals surface area contributed by atoms with E-state index < -0.39 is 0 Å². The zero-order valence-corrected chi connectivity index (χ0v) is 11.0. The van der Waals surface area contributed by atoms with Crippen molar-refractivity contribution in [2.45, 2.75) is 39.0 Å². The normalized spacial score (nSPS) is 12.4. The molecule has 2 N–H and O–H groups in total. The lowest BCUT2D eigenvalue weighted by atomic mass is 9.94. The van der Waals surface area contributed by atoms with Crippen LogP contribution in [0.25, 0.3) is 0 Å². The van der Waals surface area contributed by atoms with E-state index in [1.165, 1.54) is 12.1 Å². The van der Waals surface area contributed by atoms with Gasteiger partial charge in [-0.25, -0.2) is 4.39 Å². The average Bonchev–Trinajstić information content (AvgIpc) is 2.34. The fourth-order valence-corrected chi connectivity index (χ4v) is 2.12. The van der Waals surface area contributed by atoms with Gasteiger partial charge in [0.05, 0.1) is 0 Å². The van der Waals surface area contributed by atoms with Gasteiger partial charge in [0.1, 0.15) is 11.6 Å². The minimum atomic E-state index is -0.283. The van der Waals surface area contributed by atoms with E-state index in [1.54, 1.807) is 12.1 Å². The number of nitrogens with two attached hydrogens (primary N) is 1. The van der Waals surface area contributed by atoms with Gasteiger partial charge in [0, 0.05) is 12.8 Å². The first-order valence-corrected chi connectivity index (χ1v) is 6.62. The Balaban J connectivity index is 2.37. The van der Waals surface area contributed by atoms with Gasteiger partial charge in [0.25, 0.3) is 0 Å². The van der Waals surface area contributed by atoms with Crippen LogP contribution in [0.2, 0.25) is 0 Å². The van der Waals surface area contributed by atoms with Gasteiger partial charge in [-0.15, -0.1) is 0 Å². The molecule has 3 heteroatoms. The standard InChI is InChI=1S/C15H22FNO/c1-2-12(8-9-17)6-7-15(18)11-13-4-3-5-14(16)10-13/h3-5,10,12H,2,6-9,11,17H2,1H3. The lowest BCUT2D eigenvalue weighted by Crippen LogP contribution is -2.11. The number of benzene rings is 1. The number of Topliss-reactive ketones (excluding diaryl/α,β-unsaturated/α-hetero) is 1. The first kappa shape index (κ1) is 14.8. The summed E-state index contributed by atoms with van der Waals surface area (Å²) in [5.41, 5.74) is 6.28. The predicted molar refractivity (Wildman–Crippen MR) is 71.8 cm³/mol. The summed E-state index contributed by atoms with van der Waals surface area (Å²) in [6, 6.07) is 6.25. The molecule has 0 saturated carbocycles. The zero-order chi connectivity index (χ0) is 13.4. The summed E-state index contributed by atoms with van der Waals surface area (Å²) in [5.74, 6) is 0.428. The molecule has 0 saturated heterocycles. The second-order valence-electron chi connectivity index (χ2n) is 4.74. The van der Waals surface area contributed by atoms with Crippen molar-refractivity contribution in [1.29, 1.82) is 0 Å². The van der Waals surface area contributed by atoms with Gasteiger partial charge in [-0.05, 0) is 43.0 Å². The number of ketones is 1. The third-order valence-corrected chi connectivity index (χ3v) is 3.27. The highest BCUT2D eigenvalue weighted by atomic mass is 19.1. The molecule has 0 spiro atoms. The molecule has 0 aliphatic carbocycles. The molecule has 0 aliphatic rings. The van der Waals surface area contributed by atoms with Crippen LogP contribution < -0.4 is 5.73 Å². The lowest BCUT2D eigenvalue weighted by Gasteiger charge is -2.12. The molecule has 1 rings (SSSR count). The number of carbonyl (C=O) groups excluding carboxylic acids is 1. The number of hydrogen-bond donors (Lipinski definition) is 1. The number of carbonyl (C=O) groups is 1. The molecular formula is C15H22FNO. The quantitative estimate of drug-likeness (QED) is 0.771. The van der Waals surface area contributed by atoms with Crippen molar-refractivity contribution in [1.82, 2.24) is 0 Å². The largest absolute Gasteiger partial charge is 0.330 e. The second-order valence-corrected chi connectivity index (χ2v) is 4.74. The Morgan fingerprint density at radius 3 is 2.78 bits per heavy atom. The van der Waals surface area contributed by atoms with E-state index in [4.69, 9.17) is 5.73 Å².